The number of aromatic nitrogens is 2. The maximum atomic E-state index is 13.4. The van der Waals surface area contributed by atoms with E-state index in [1.54, 1.807) is 36.5 Å². The van der Waals surface area contributed by atoms with Gasteiger partial charge in [-0.25, -0.2) is 9.37 Å². The number of thiocarbonyl (C=S) groups is 1. The number of carbonyl (C=O) groups is 1. The third-order valence-corrected chi connectivity index (χ3v) is 7.76. The van der Waals surface area contributed by atoms with Crippen LogP contribution in [0, 0.1) is 12.7 Å². The summed E-state index contributed by atoms with van der Waals surface area (Å²) in [5.41, 5.74) is 2.46. The van der Waals surface area contributed by atoms with Crippen molar-refractivity contribution < 1.29 is 9.18 Å². The van der Waals surface area contributed by atoms with Gasteiger partial charge in [-0.05, 0) is 55.0 Å². The molecule has 0 saturated carbocycles. The Bertz CT molecular complexity index is 1550. The third-order valence-electron chi connectivity index (χ3n) is 5.37. The first-order valence-electron chi connectivity index (χ1n) is 10.6. The average molecular weight is 520 g/mol. The molecule has 35 heavy (non-hydrogen) atoms. The van der Waals surface area contributed by atoms with Gasteiger partial charge in [-0.2, -0.15) is 0 Å². The number of rotatable bonds is 5. The van der Waals surface area contributed by atoms with Crippen molar-refractivity contribution in [1.29, 1.82) is 0 Å². The molecule has 0 atom stereocenters. The topological polar surface area (TPSA) is 54.7 Å². The van der Waals surface area contributed by atoms with Gasteiger partial charge in [0.25, 0.3) is 11.5 Å². The lowest BCUT2D eigenvalue weighted by molar-refractivity contribution is -0.122. The summed E-state index contributed by atoms with van der Waals surface area (Å²) in [6.07, 6.45) is 3.23. The molecule has 1 fully saturated rings. The number of hydrogen-bond donors (Lipinski definition) is 0. The summed E-state index contributed by atoms with van der Waals surface area (Å²) in [6.45, 7) is 2.23. The van der Waals surface area contributed by atoms with Gasteiger partial charge < -0.3 is 0 Å². The van der Waals surface area contributed by atoms with E-state index in [9.17, 15) is 14.0 Å². The predicted molar refractivity (Wildman–Crippen MR) is 142 cm³/mol. The van der Waals surface area contributed by atoms with Crippen molar-refractivity contribution in [2.24, 2.45) is 0 Å². The van der Waals surface area contributed by atoms with Gasteiger partial charge >= 0.3 is 0 Å². The molecule has 1 aliphatic heterocycles. The lowest BCUT2D eigenvalue weighted by atomic mass is 10.2. The van der Waals surface area contributed by atoms with Gasteiger partial charge in [0.15, 0.2) is 0 Å². The van der Waals surface area contributed by atoms with Crippen molar-refractivity contribution in [2.75, 3.05) is 0 Å². The summed E-state index contributed by atoms with van der Waals surface area (Å²) in [5, 5.41) is 0.508. The number of hydrogen-bond acceptors (Lipinski definition) is 6. The van der Waals surface area contributed by atoms with E-state index >= 15 is 0 Å². The number of carbonyl (C=O) groups excluding carboxylic acids is 1. The molecule has 5 nitrogen and oxygen atoms in total. The Morgan fingerprint density at radius 3 is 2.54 bits per heavy atom. The number of halogens is 1. The summed E-state index contributed by atoms with van der Waals surface area (Å²) < 4.78 is 15.1. The van der Waals surface area contributed by atoms with Gasteiger partial charge in [-0.3, -0.25) is 18.9 Å². The molecule has 0 bridgehead atoms. The van der Waals surface area contributed by atoms with Crippen LogP contribution in [0.4, 0.5) is 4.39 Å². The molecule has 2 aromatic heterocycles. The van der Waals surface area contributed by atoms with Crippen LogP contribution in [0.25, 0.3) is 11.7 Å². The average Bonchev–Trinajstić information content (AvgIpc) is 3.11. The molecule has 0 radical (unpaired) electrons. The van der Waals surface area contributed by atoms with Crippen LogP contribution in [-0.2, 0) is 11.3 Å². The number of benzene rings is 2. The number of pyridine rings is 1. The second-order valence-electron chi connectivity index (χ2n) is 7.87. The fourth-order valence-electron chi connectivity index (χ4n) is 3.54. The van der Waals surface area contributed by atoms with Crippen molar-refractivity contribution in [2.45, 2.75) is 23.4 Å². The minimum absolute atomic E-state index is 0.224. The normalized spacial score (nSPS) is 14.9. The molecule has 174 valence electrons. The molecule has 1 aliphatic rings. The first-order valence-corrected chi connectivity index (χ1v) is 12.7. The van der Waals surface area contributed by atoms with Crippen molar-refractivity contribution in [3.8, 4) is 0 Å². The maximum absolute atomic E-state index is 13.4. The molecule has 5 rings (SSSR count). The largest absolute Gasteiger partial charge is 0.288 e. The number of amides is 1. The Morgan fingerprint density at radius 2 is 1.80 bits per heavy atom. The Hall–Kier alpha value is -3.27. The lowest BCUT2D eigenvalue weighted by Gasteiger charge is -2.14. The molecule has 3 heterocycles. The summed E-state index contributed by atoms with van der Waals surface area (Å²) in [4.78, 5) is 34.1. The van der Waals surface area contributed by atoms with Gasteiger partial charge in [0, 0.05) is 11.1 Å². The minimum Gasteiger partial charge on any atom is -0.288 e. The molecule has 0 N–H and O–H groups in total. The zero-order chi connectivity index (χ0) is 24.5. The van der Waals surface area contributed by atoms with Crippen molar-refractivity contribution >= 4 is 57.7 Å². The lowest BCUT2D eigenvalue weighted by Crippen LogP contribution is -2.27. The highest BCUT2D eigenvalue weighted by molar-refractivity contribution is 8.26. The van der Waals surface area contributed by atoms with E-state index in [0.717, 1.165) is 27.8 Å². The molecule has 9 heteroatoms. The molecule has 1 amide bonds. The van der Waals surface area contributed by atoms with Crippen molar-refractivity contribution in [3.05, 3.63) is 111 Å². The number of aryl methyl sites for hydroxylation is 1. The fraction of sp³-hybridized carbons (Fsp3) is 0.0769. The maximum Gasteiger partial charge on any atom is 0.266 e. The molecular weight excluding hydrogens is 502 g/mol. The number of nitrogens with zero attached hydrogens (tertiary/aromatic N) is 3. The Balaban J connectivity index is 1.54. The monoisotopic (exact) mass is 519 g/mol. The quantitative estimate of drug-likeness (QED) is 0.192. The summed E-state index contributed by atoms with van der Waals surface area (Å²) in [7, 11) is 0. The zero-order valence-electron chi connectivity index (χ0n) is 18.5. The molecular formula is C26H18FN3O2S3. The van der Waals surface area contributed by atoms with Crippen LogP contribution in [0.15, 0.2) is 92.5 Å². The predicted octanol–water partition coefficient (Wildman–Crippen LogP) is 5.69. The van der Waals surface area contributed by atoms with Crippen LogP contribution < -0.4 is 5.56 Å². The van der Waals surface area contributed by atoms with E-state index < -0.39 is 0 Å². The third kappa shape index (κ3) is 4.93. The van der Waals surface area contributed by atoms with Gasteiger partial charge in [-0.1, -0.05) is 71.6 Å². The van der Waals surface area contributed by atoms with E-state index in [1.807, 2.05) is 37.3 Å². The van der Waals surface area contributed by atoms with Gasteiger partial charge in [0.05, 0.1) is 17.0 Å². The number of thioether (sulfide) groups is 1. The van der Waals surface area contributed by atoms with Crippen LogP contribution >= 0.6 is 35.7 Å². The van der Waals surface area contributed by atoms with E-state index in [2.05, 4.69) is 0 Å². The Kier molecular flexibility index (Phi) is 6.55. The summed E-state index contributed by atoms with van der Waals surface area (Å²) in [6, 6.07) is 19.2. The highest BCUT2D eigenvalue weighted by atomic mass is 32.2. The highest BCUT2D eigenvalue weighted by Gasteiger charge is 2.32. The standard InChI is InChI=1S/C26H18FN3O2S3/c1-16-5-11-19(12-6-16)34-23-20(24(31)29-13-3-2-4-22(29)28-23)14-21-25(32)30(26(33)35-21)15-17-7-9-18(27)10-8-17/h2-14H,15H2,1H3/b21-14+. The molecule has 4 aromatic rings. The smallest absolute Gasteiger partial charge is 0.266 e. The SMILES string of the molecule is Cc1ccc(Sc2nc3ccccn3c(=O)c2/C=C2/SC(=S)N(Cc3ccc(F)cc3)C2=O)cc1. The molecule has 1 saturated heterocycles. The second kappa shape index (κ2) is 9.77. The Labute approximate surface area is 214 Å². The summed E-state index contributed by atoms with van der Waals surface area (Å²) in [5.74, 6) is -0.643. The molecule has 0 aliphatic carbocycles. The fourth-order valence-corrected chi connectivity index (χ4v) is 5.67. The Morgan fingerprint density at radius 1 is 1.06 bits per heavy atom. The van der Waals surface area contributed by atoms with E-state index in [4.69, 9.17) is 17.2 Å². The molecule has 0 spiro atoms. The van der Waals surface area contributed by atoms with E-state index in [0.29, 0.717) is 25.5 Å². The van der Waals surface area contributed by atoms with Crippen LogP contribution in [0.1, 0.15) is 16.7 Å². The van der Waals surface area contributed by atoms with Crippen LogP contribution in [0.2, 0.25) is 0 Å². The van der Waals surface area contributed by atoms with Gasteiger partial charge in [0.1, 0.15) is 20.8 Å². The molecule has 0 unspecified atom stereocenters. The summed E-state index contributed by atoms with van der Waals surface area (Å²) >= 11 is 7.95. The number of fused-ring (bicyclic) bond motifs is 1. The second-order valence-corrected chi connectivity index (χ2v) is 10.6. The van der Waals surface area contributed by atoms with Crippen molar-refractivity contribution in [1.82, 2.24) is 14.3 Å². The van der Waals surface area contributed by atoms with Crippen LogP contribution in [0.3, 0.4) is 0 Å². The van der Waals surface area contributed by atoms with E-state index in [1.165, 1.54) is 33.2 Å². The first kappa shape index (κ1) is 23.5. The van der Waals surface area contributed by atoms with Gasteiger partial charge in [0.2, 0.25) is 0 Å². The minimum atomic E-state index is -0.345. The first-order chi connectivity index (χ1) is 16.9. The highest BCUT2D eigenvalue weighted by Crippen LogP contribution is 2.35. The van der Waals surface area contributed by atoms with Crippen LogP contribution in [-0.4, -0.2) is 24.5 Å². The van der Waals surface area contributed by atoms with Crippen LogP contribution in [0.5, 0.6) is 0 Å². The van der Waals surface area contributed by atoms with Gasteiger partial charge in [-0.15, -0.1) is 0 Å². The zero-order valence-corrected chi connectivity index (χ0v) is 20.9. The molecule has 2 aromatic carbocycles. The van der Waals surface area contributed by atoms with Crippen molar-refractivity contribution in [3.63, 3.8) is 0 Å². The van der Waals surface area contributed by atoms with E-state index in [-0.39, 0.29) is 23.8 Å².